The van der Waals surface area contributed by atoms with Crippen LogP contribution in [0.3, 0.4) is 0 Å². The fourth-order valence-corrected chi connectivity index (χ4v) is 2.67. The molecule has 0 spiro atoms. The number of hydrogen-bond donors (Lipinski definition) is 2. The lowest BCUT2D eigenvalue weighted by Crippen LogP contribution is -2.53. The molecule has 0 atom stereocenters. The maximum atomic E-state index is 12.3. The summed E-state index contributed by atoms with van der Waals surface area (Å²) in [6.07, 6.45) is 0.131. The van der Waals surface area contributed by atoms with Crippen LogP contribution >= 0.6 is 11.6 Å². The second-order valence-electron chi connectivity index (χ2n) is 5.51. The molecule has 0 radical (unpaired) electrons. The monoisotopic (exact) mass is 353 g/mol. The summed E-state index contributed by atoms with van der Waals surface area (Å²) in [5.74, 6) is -0.973. The largest absolute Gasteiger partial charge is 0.481 e. The van der Waals surface area contributed by atoms with Gasteiger partial charge in [-0.1, -0.05) is 29.8 Å². The van der Waals surface area contributed by atoms with Crippen LogP contribution in [0, 0.1) is 0 Å². The van der Waals surface area contributed by atoms with Crippen molar-refractivity contribution in [2.24, 2.45) is 0 Å². The normalized spacial score (nSPS) is 14.4. The van der Waals surface area contributed by atoms with Crippen LogP contribution in [0.5, 0.6) is 0 Å². The Hall–Kier alpha value is -2.28. The van der Waals surface area contributed by atoms with Crippen molar-refractivity contribution >= 4 is 29.5 Å². The van der Waals surface area contributed by atoms with Crippen molar-refractivity contribution < 1.29 is 19.5 Å². The van der Waals surface area contributed by atoms with E-state index in [-0.39, 0.29) is 31.3 Å². The molecule has 3 amide bonds. The van der Waals surface area contributed by atoms with Crippen molar-refractivity contribution in [2.75, 3.05) is 32.7 Å². The van der Waals surface area contributed by atoms with E-state index in [0.717, 1.165) is 5.56 Å². The maximum absolute atomic E-state index is 12.3. The van der Waals surface area contributed by atoms with E-state index in [4.69, 9.17) is 16.7 Å². The summed E-state index contributed by atoms with van der Waals surface area (Å²) in [7, 11) is 0. The molecule has 2 rings (SSSR count). The molecule has 0 aromatic heterocycles. The van der Waals surface area contributed by atoms with Gasteiger partial charge in [-0.25, -0.2) is 4.79 Å². The fourth-order valence-electron chi connectivity index (χ4n) is 2.46. The third-order valence-electron chi connectivity index (χ3n) is 3.83. The molecule has 1 saturated heterocycles. The summed E-state index contributed by atoms with van der Waals surface area (Å²) in [4.78, 5) is 37.9. The quantitative estimate of drug-likeness (QED) is 0.832. The van der Waals surface area contributed by atoms with Gasteiger partial charge in [0, 0.05) is 37.7 Å². The maximum Gasteiger partial charge on any atom is 0.317 e. The number of amides is 3. The van der Waals surface area contributed by atoms with Crippen LogP contribution in [0.15, 0.2) is 24.3 Å². The van der Waals surface area contributed by atoms with E-state index in [1.54, 1.807) is 15.9 Å². The highest BCUT2D eigenvalue weighted by Crippen LogP contribution is 2.16. The van der Waals surface area contributed by atoms with E-state index in [9.17, 15) is 14.4 Å². The van der Waals surface area contributed by atoms with Gasteiger partial charge in [0.05, 0.1) is 12.8 Å². The van der Waals surface area contributed by atoms with Crippen LogP contribution in [0.1, 0.15) is 12.0 Å². The zero-order chi connectivity index (χ0) is 17.5. The first-order valence-corrected chi connectivity index (χ1v) is 8.11. The van der Waals surface area contributed by atoms with Crippen molar-refractivity contribution in [1.29, 1.82) is 0 Å². The zero-order valence-electron chi connectivity index (χ0n) is 13.2. The number of urea groups is 1. The minimum atomic E-state index is -0.953. The van der Waals surface area contributed by atoms with Crippen LogP contribution in [-0.4, -0.2) is 65.5 Å². The lowest BCUT2D eigenvalue weighted by molar-refractivity contribution is -0.137. The molecule has 1 aliphatic rings. The van der Waals surface area contributed by atoms with E-state index in [0.29, 0.717) is 31.2 Å². The van der Waals surface area contributed by atoms with E-state index < -0.39 is 5.97 Å². The van der Waals surface area contributed by atoms with Gasteiger partial charge in [-0.05, 0) is 11.6 Å². The van der Waals surface area contributed by atoms with Crippen molar-refractivity contribution in [1.82, 2.24) is 15.1 Å². The van der Waals surface area contributed by atoms with Crippen LogP contribution < -0.4 is 5.32 Å². The molecule has 1 fully saturated rings. The first kappa shape index (κ1) is 18.1. The van der Waals surface area contributed by atoms with Crippen LogP contribution in [-0.2, 0) is 16.0 Å². The molecule has 8 heteroatoms. The Morgan fingerprint density at radius 2 is 1.71 bits per heavy atom. The molecular weight excluding hydrogens is 334 g/mol. The molecule has 130 valence electrons. The number of benzene rings is 1. The van der Waals surface area contributed by atoms with Gasteiger partial charge in [0.2, 0.25) is 5.91 Å². The highest BCUT2D eigenvalue weighted by molar-refractivity contribution is 6.31. The lowest BCUT2D eigenvalue weighted by Gasteiger charge is -2.34. The number of nitrogens with one attached hydrogen (secondary N) is 1. The molecule has 1 heterocycles. The molecule has 24 heavy (non-hydrogen) atoms. The molecule has 2 N–H and O–H groups in total. The molecule has 0 saturated carbocycles. The van der Waals surface area contributed by atoms with Crippen LogP contribution in [0.4, 0.5) is 4.79 Å². The Kier molecular flexibility index (Phi) is 6.43. The summed E-state index contributed by atoms with van der Waals surface area (Å²) >= 11 is 6.07. The number of carbonyl (C=O) groups excluding carboxylic acids is 2. The zero-order valence-corrected chi connectivity index (χ0v) is 14.0. The second kappa shape index (κ2) is 8.54. The molecular formula is C16H20ClN3O4. The molecule has 0 aliphatic carbocycles. The Balaban J connectivity index is 1.77. The van der Waals surface area contributed by atoms with Gasteiger partial charge < -0.3 is 20.2 Å². The van der Waals surface area contributed by atoms with Crippen molar-refractivity contribution in [3.05, 3.63) is 34.9 Å². The average molecular weight is 354 g/mol. The summed E-state index contributed by atoms with van der Waals surface area (Å²) in [6.45, 7) is 1.85. The van der Waals surface area contributed by atoms with Gasteiger partial charge in [-0.3, -0.25) is 9.59 Å². The Bertz CT molecular complexity index is 615. The smallest absolute Gasteiger partial charge is 0.317 e. The summed E-state index contributed by atoms with van der Waals surface area (Å²) in [5.41, 5.74) is 0.790. The Morgan fingerprint density at radius 1 is 1.08 bits per heavy atom. The predicted octanol–water partition coefficient (Wildman–Crippen LogP) is 1.21. The van der Waals surface area contributed by atoms with Gasteiger partial charge in [-0.2, -0.15) is 0 Å². The fraction of sp³-hybridized carbons (Fsp3) is 0.438. The molecule has 1 aromatic rings. The van der Waals surface area contributed by atoms with Crippen molar-refractivity contribution in [3.63, 3.8) is 0 Å². The van der Waals surface area contributed by atoms with Gasteiger partial charge in [-0.15, -0.1) is 0 Å². The van der Waals surface area contributed by atoms with Crippen molar-refractivity contribution in [2.45, 2.75) is 12.8 Å². The second-order valence-corrected chi connectivity index (χ2v) is 5.92. The van der Waals surface area contributed by atoms with Crippen LogP contribution in [0.25, 0.3) is 0 Å². The highest BCUT2D eigenvalue weighted by Gasteiger charge is 2.24. The number of rotatable bonds is 5. The average Bonchev–Trinajstić information content (AvgIpc) is 2.56. The standard InChI is InChI=1S/C16H20ClN3O4/c17-13-4-2-1-3-12(13)11-14(21)19-7-9-20(10-8-19)16(24)18-6-5-15(22)23/h1-4H,5-11H2,(H,18,24)(H,22,23). The number of hydrogen-bond acceptors (Lipinski definition) is 3. The Morgan fingerprint density at radius 3 is 2.33 bits per heavy atom. The third-order valence-corrected chi connectivity index (χ3v) is 4.20. The SMILES string of the molecule is O=C(O)CCNC(=O)N1CCN(C(=O)Cc2ccccc2Cl)CC1. The van der Waals surface area contributed by atoms with E-state index >= 15 is 0 Å². The topological polar surface area (TPSA) is 89.9 Å². The highest BCUT2D eigenvalue weighted by atomic mass is 35.5. The number of aliphatic carboxylic acids is 1. The molecule has 0 unspecified atom stereocenters. The number of halogens is 1. The van der Waals surface area contributed by atoms with Gasteiger partial charge >= 0.3 is 12.0 Å². The van der Waals surface area contributed by atoms with E-state index in [1.165, 1.54) is 0 Å². The molecule has 1 aromatic carbocycles. The summed E-state index contributed by atoms with van der Waals surface area (Å²) < 4.78 is 0. The first-order valence-electron chi connectivity index (χ1n) is 7.73. The number of carboxylic acid groups (broad SMARTS) is 1. The van der Waals surface area contributed by atoms with Crippen LogP contribution in [0.2, 0.25) is 5.02 Å². The van der Waals surface area contributed by atoms with E-state index in [2.05, 4.69) is 5.32 Å². The lowest BCUT2D eigenvalue weighted by atomic mass is 10.1. The first-order chi connectivity index (χ1) is 11.5. The molecule has 7 nitrogen and oxygen atoms in total. The van der Waals surface area contributed by atoms with Gasteiger partial charge in [0.25, 0.3) is 0 Å². The minimum Gasteiger partial charge on any atom is -0.481 e. The molecule has 0 bridgehead atoms. The number of piperazine rings is 1. The van der Waals surface area contributed by atoms with E-state index in [1.807, 2.05) is 18.2 Å². The summed E-state index contributed by atoms with van der Waals surface area (Å²) in [6, 6.07) is 6.94. The number of carboxylic acids is 1. The summed E-state index contributed by atoms with van der Waals surface area (Å²) in [5, 5.41) is 11.7. The van der Waals surface area contributed by atoms with Crippen molar-refractivity contribution in [3.8, 4) is 0 Å². The van der Waals surface area contributed by atoms with Gasteiger partial charge in [0.15, 0.2) is 0 Å². The third kappa shape index (κ3) is 5.13. The number of carbonyl (C=O) groups is 3. The minimum absolute atomic E-state index is 0.0194. The van der Waals surface area contributed by atoms with Gasteiger partial charge in [0.1, 0.15) is 0 Å². The number of nitrogens with zero attached hydrogens (tertiary/aromatic N) is 2. The predicted molar refractivity (Wildman–Crippen MR) is 89.0 cm³/mol. The molecule has 1 aliphatic heterocycles. The Labute approximate surface area is 145 Å².